The van der Waals surface area contributed by atoms with Crippen molar-refractivity contribution < 1.29 is 14.9 Å². The highest BCUT2D eigenvalue weighted by Gasteiger charge is 2.25. The molecule has 0 bridgehead atoms. The minimum Gasteiger partial charge on any atom is -0.507 e. The van der Waals surface area contributed by atoms with Crippen LogP contribution >= 0.6 is 0 Å². The van der Waals surface area contributed by atoms with Crippen LogP contribution in [-0.2, 0) is 5.60 Å². The van der Waals surface area contributed by atoms with Crippen LogP contribution in [0.1, 0.15) is 19.4 Å². The van der Waals surface area contributed by atoms with Crippen LogP contribution in [0.4, 0.5) is 0 Å². The van der Waals surface area contributed by atoms with E-state index in [1.807, 2.05) is 36.4 Å². The first-order chi connectivity index (χ1) is 13.9. The zero-order valence-corrected chi connectivity index (χ0v) is 16.8. The topological polar surface area (TPSA) is 49.7 Å². The third-order valence-corrected chi connectivity index (χ3v) is 5.26. The molecule has 0 radical (unpaired) electrons. The van der Waals surface area contributed by atoms with E-state index in [-0.39, 0.29) is 5.75 Å². The summed E-state index contributed by atoms with van der Waals surface area (Å²) in [5, 5.41) is 23.0. The lowest BCUT2D eigenvalue weighted by atomic mass is 9.85. The van der Waals surface area contributed by atoms with Crippen molar-refractivity contribution in [1.29, 1.82) is 0 Å². The van der Waals surface area contributed by atoms with Crippen LogP contribution in [0.15, 0.2) is 78.9 Å². The molecule has 0 atom stereocenters. The molecule has 3 heteroatoms. The van der Waals surface area contributed by atoms with Crippen molar-refractivity contribution in [3.05, 3.63) is 84.4 Å². The van der Waals surface area contributed by atoms with Crippen molar-refractivity contribution in [2.24, 2.45) is 0 Å². The van der Waals surface area contributed by atoms with Crippen molar-refractivity contribution in [3.63, 3.8) is 0 Å². The summed E-state index contributed by atoms with van der Waals surface area (Å²) in [5.41, 5.74) is 3.69. The van der Waals surface area contributed by atoms with Gasteiger partial charge in [-0.2, -0.15) is 0 Å². The molecule has 0 fully saturated rings. The number of phenols is 1. The summed E-state index contributed by atoms with van der Waals surface area (Å²) in [6.45, 7) is 3.46. The van der Waals surface area contributed by atoms with Gasteiger partial charge in [0.15, 0.2) is 0 Å². The first kappa shape index (κ1) is 19.0. The number of benzene rings is 4. The van der Waals surface area contributed by atoms with Crippen molar-refractivity contribution in [1.82, 2.24) is 0 Å². The Hall–Kier alpha value is -3.30. The maximum Gasteiger partial charge on any atom is 0.130 e. The van der Waals surface area contributed by atoms with Crippen molar-refractivity contribution in [3.8, 4) is 33.8 Å². The number of ether oxygens (including phenoxy) is 1. The predicted octanol–water partition coefficient (Wildman–Crippen LogP) is 6.12. The third-order valence-electron chi connectivity index (χ3n) is 5.26. The second-order valence-electron chi connectivity index (χ2n) is 7.70. The molecule has 4 aromatic carbocycles. The number of fused-ring (bicyclic) bond motifs is 1. The maximum absolute atomic E-state index is 10.8. The Morgan fingerprint density at radius 2 is 1.38 bits per heavy atom. The van der Waals surface area contributed by atoms with Gasteiger partial charge in [-0.1, -0.05) is 66.7 Å². The van der Waals surface area contributed by atoms with Gasteiger partial charge in [-0.25, -0.2) is 0 Å². The molecule has 0 aliphatic heterocycles. The number of phenolic OH excluding ortho intramolecular Hbond substituents is 1. The second-order valence-corrected chi connectivity index (χ2v) is 7.70. The molecule has 2 N–H and O–H groups in total. The van der Waals surface area contributed by atoms with E-state index in [1.54, 1.807) is 27.0 Å². The summed E-state index contributed by atoms with van der Waals surface area (Å²) in [6.07, 6.45) is 0. The number of methoxy groups -OCH3 is 1. The minimum absolute atomic E-state index is 0.0965. The Morgan fingerprint density at radius 1 is 0.759 bits per heavy atom. The highest BCUT2D eigenvalue weighted by molar-refractivity contribution is 6.05. The van der Waals surface area contributed by atoms with Crippen molar-refractivity contribution in [2.45, 2.75) is 19.4 Å². The summed E-state index contributed by atoms with van der Waals surface area (Å²) < 4.78 is 5.48. The van der Waals surface area contributed by atoms with Gasteiger partial charge in [-0.15, -0.1) is 0 Å². The third kappa shape index (κ3) is 3.45. The zero-order chi connectivity index (χ0) is 20.6. The smallest absolute Gasteiger partial charge is 0.130 e. The van der Waals surface area contributed by atoms with Gasteiger partial charge in [0.1, 0.15) is 11.5 Å². The van der Waals surface area contributed by atoms with E-state index >= 15 is 0 Å². The standard InChI is InChI=1S/C26H24O3/c1-26(2,28)21-16-22(27)25-20(10-7-11-23(25)29-3)24(21)19-14-12-18(13-15-19)17-8-5-4-6-9-17/h4-16,27-28H,1-3H3. The first-order valence-electron chi connectivity index (χ1n) is 9.61. The number of hydrogen-bond donors (Lipinski definition) is 2. The molecule has 4 rings (SSSR count). The fourth-order valence-corrected chi connectivity index (χ4v) is 3.85. The molecule has 0 amide bonds. The number of hydrogen-bond acceptors (Lipinski definition) is 3. The molecular formula is C26H24O3. The van der Waals surface area contributed by atoms with E-state index in [2.05, 4.69) is 36.4 Å². The van der Waals surface area contributed by atoms with Crippen molar-refractivity contribution in [2.75, 3.05) is 7.11 Å². The van der Waals surface area contributed by atoms with Crippen LogP contribution in [-0.4, -0.2) is 17.3 Å². The molecule has 29 heavy (non-hydrogen) atoms. The molecule has 4 aromatic rings. The summed E-state index contributed by atoms with van der Waals surface area (Å²) in [6, 6.07) is 25.8. The van der Waals surface area contributed by atoms with Crippen LogP contribution in [0.2, 0.25) is 0 Å². The fourth-order valence-electron chi connectivity index (χ4n) is 3.85. The summed E-state index contributed by atoms with van der Waals surface area (Å²) in [7, 11) is 1.59. The largest absolute Gasteiger partial charge is 0.507 e. The van der Waals surface area contributed by atoms with E-state index in [9.17, 15) is 10.2 Å². The van der Waals surface area contributed by atoms with Gasteiger partial charge >= 0.3 is 0 Å². The first-order valence-corrected chi connectivity index (χ1v) is 9.61. The second kappa shape index (κ2) is 7.26. The van der Waals surface area contributed by atoms with Gasteiger partial charge < -0.3 is 14.9 Å². The highest BCUT2D eigenvalue weighted by atomic mass is 16.5. The van der Waals surface area contributed by atoms with E-state index in [0.717, 1.165) is 27.6 Å². The van der Waals surface area contributed by atoms with Crippen LogP contribution in [0.3, 0.4) is 0 Å². The fraction of sp³-hybridized carbons (Fsp3) is 0.154. The SMILES string of the molecule is COc1cccc2c(-c3ccc(-c4ccccc4)cc3)c(C(C)(C)O)cc(O)c12. The Labute approximate surface area is 170 Å². The molecule has 0 heterocycles. The molecule has 0 unspecified atom stereocenters. The van der Waals surface area contributed by atoms with Gasteiger partial charge in [0.25, 0.3) is 0 Å². The van der Waals surface area contributed by atoms with Crippen LogP contribution in [0.25, 0.3) is 33.0 Å². The number of aromatic hydroxyl groups is 1. The normalized spacial score (nSPS) is 11.6. The lowest BCUT2D eigenvalue weighted by molar-refractivity contribution is 0.0791. The Bertz CT molecular complexity index is 1150. The quantitative estimate of drug-likeness (QED) is 0.446. The number of aliphatic hydroxyl groups is 1. The van der Waals surface area contributed by atoms with E-state index in [0.29, 0.717) is 16.7 Å². The Morgan fingerprint density at radius 3 is 2.00 bits per heavy atom. The number of rotatable bonds is 4. The van der Waals surface area contributed by atoms with Gasteiger partial charge in [-0.3, -0.25) is 0 Å². The Balaban J connectivity index is 1.98. The molecular weight excluding hydrogens is 360 g/mol. The lowest BCUT2D eigenvalue weighted by Crippen LogP contribution is -2.17. The summed E-state index contributed by atoms with van der Waals surface area (Å²) in [5.74, 6) is 0.698. The molecule has 0 aromatic heterocycles. The minimum atomic E-state index is -1.12. The van der Waals surface area contributed by atoms with Gasteiger partial charge in [0.05, 0.1) is 18.1 Å². The van der Waals surface area contributed by atoms with Crippen LogP contribution in [0, 0.1) is 0 Å². The predicted molar refractivity (Wildman–Crippen MR) is 118 cm³/mol. The van der Waals surface area contributed by atoms with Crippen LogP contribution in [0.5, 0.6) is 11.5 Å². The van der Waals surface area contributed by atoms with Crippen LogP contribution < -0.4 is 4.74 Å². The van der Waals surface area contributed by atoms with Gasteiger partial charge in [-0.05, 0) is 59.2 Å². The summed E-state index contributed by atoms with van der Waals surface area (Å²) in [4.78, 5) is 0. The monoisotopic (exact) mass is 384 g/mol. The molecule has 3 nitrogen and oxygen atoms in total. The molecule has 0 aliphatic carbocycles. The van der Waals surface area contributed by atoms with Gasteiger partial charge in [0, 0.05) is 0 Å². The van der Waals surface area contributed by atoms with E-state index in [4.69, 9.17) is 4.74 Å². The molecule has 0 spiro atoms. The molecule has 0 saturated carbocycles. The van der Waals surface area contributed by atoms with Crippen molar-refractivity contribution >= 4 is 10.8 Å². The van der Waals surface area contributed by atoms with E-state index in [1.165, 1.54) is 0 Å². The highest BCUT2D eigenvalue weighted by Crippen LogP contribution is 2.44. The average Bonchev–Trinajstić information content (AvgIpc) is 2.73. The molecule has 146 valence electrons. The lowest BCUT2D eigenvalue weighted by Gasteiger charge is -2.25. The average molecular weight is 384 g/mol. The zero-order valence-electron chi connectivity index (χ0n) is 16.8. The Kier molecular flexibility index (Phi) is 4.77. The van der Waals surface area contributed by atoms with E-state index < -0.39 is 5.60 Å². The maximum atomic E-state index is 10.8. The summed E-state index contributed by atoms with van der Waals surface area (Å²) >= 11 is 0. The van der Waals surface area contributed by atoms with Gasteiger partial charge in [0.2, 0.25) is 0 Å². The molecule has 0 saturated heterocycles. The molecule has 0 aliphatic rings.